The molecule has 132 valence electrons. The number of hydrogen-bond acceptors (Lipinski definition) is 5. The second-order valence-corrected chi connectivity index (χ2v) is 7.05. The lowest BCUT2D eigenvalue weighted by atomic mass is 10.2. The molecule has 26 heavy (non-hydrogen) atoms. The first kappa shape index (κ1) is 16.7. The Kier molecular flexibility index (Phi) is 4.42. The van der Waals surface area contributed by atoms with Crippen molar-refractivity contribution in [1.29, 1.82) is 0 Å². The molecule has 0 atom stereocenters. The predicted molar refractivity (Wildman–Crippen MR) is 96.3 cm³/mol. The second-order valence-electron chi connectivity index (χ2n) is 6.10. The molecule has 0 saturated heterocycles. The van der Waals surface area contributed by atoms with Gasteiger partial charge in [0.05, 0.1) is 10.5 Å². The fourth-order valence-electron chi connectivity index (χ4n) is 2.77. The lowest BCUT2D eigenvalue weighted by molar-refractivity contribution is -0.384. The molecule has 4 rings (SSSR count). The van der Waals surface area contributed by atoms with Crippen LogP contribution in [0.3, 0.4) is 0 Å². The van der Waals surface area contributed by atoms with Crippen LogP contribution in [0.1, 0.15) is 24.4 Å². The summed E-state index contributed by atoms with van der Waals surface area (Å²) in [5.74, 6) is 0.744. The number of nitro groups is 1. The number of nitro benzene ring substituents is 1. The first-order valence-electron chi connectivity index (χ1n) is 8.19. The lowest BCUT2D eigenvalue weighted by Gasteiger charge is -2.09. The van der Waals surface area contributed by atoms with E-state index in [1.165, 1.54) is 23.9 Å². The van der Waals surface area contributed by atoms with Crippen LogP contribution in [0.4, 0.5) is 10.1 Å². The fourth-order valence-corrected chi connectivity index (χ4v) is 3.72. The van der Waals surface area contributed by atoms with Crippen LogP contribution in [0.25, 0.3) is 11.4 Å². The Balaban J connectivity index is 1.61. The summed E-state index contributed by atoms with van der Waals surface area (Å²) < 4.78 is 16.2. The van der Waals surface area contributed by atoms with Crippen molar-refractivity contribution in [2.24, 2.45) is 0 Å². The number of benzene rings is 2. The highest BCUT2D eigenvalue weighted by Crippen LogP contribution is 2.41. The van der Waals surface area contributed by atoms with E-state index in [2.05, 4.69) is 10.2 Å². The summed E-state index contributed by atoms with van der Waals surface area (Å²) >= 11 is 1.45. The predicted octanol–water partition coefficient (Wildman–Crippen LogP) is 4.62. The van der Waals surface area contributed by atoms with Gasteiger partial charge in [0.25, 0.3) is 5.69 Å². The zero-order valence-electron chi connectivity index (χ0n) is 13.7. The molecule has 0 aliphatic heterocycles. The summed E-state index contributed by atoms with van der Waals surface area (Å²) in [6.45, 7) is 0. The maximum atomic E-state index is 14.2. The van der Waals surface area contributed by atoms with Crippen molar-refractivity contribution >= 4 is 17.4 Å². The summed E-state index contributed by atoms with van der Waals surface area (Å²) in [7, 11) is 0. The lowest BCUT2D eigenvalue weighted by Crippen LogP contribution is -2.01. The Hall–Kier alpha value is -2.74. The molecule has 6 nitrogen and oxygen atoms in total. The minimum atomic E-state index is -0.406. The van der Waals surface area contributed by atoms with Crippen molar-refractivity contribution in [3.8, 4) is 11.4 Å². The fraction of sp³-hybridized carbons (Fsp3) is 0.222. The maximum Gasteiger partial charge on any atom is 0.269 e. The molecule has 0 radical (unpaired) electrons. The van der Waals surface area contributed by atoms with Gasteiger partial charge >= 0.3 is 0 Å². The first-order chi connectivity index (χ1) is 12.6. The van der Waals surface area contributed by atoms with E-state index in [1.807, 2.05) is 10.6 Å². The molecular formula is C18H15FN4O2S. The number of halogens is 1. The third-order valence-corrected chi connectivity index (χ3v) is 5.19. The zero-order chi connectivity index (χ0) is 18.1. The molecule has 0 unspecified atom stereocenters. The molecule has 0 spiro atoms. The molecule has 0 bridgehead atoms. The van der Waals surface area contributed by atoms with Crippen molar-refractivity contribution < 1.29 is 9.31 Å². The van der Waals surface area contributed by atoms with E-state index < -0.39 is 4.92 Å². The molecule has 1 heterocycles. The van der Waals surface area contributed by atoms with Gasteiger partial charge in [-0.1, -0.05) is 36.0 Å². The molecule has 1 fully saturated rings. The van der Waals surface area contributed by atoms with Gasteiger partial charge in [-0.15, -0.1) is 10.2 Å². The molecule has 8 heteroatoms. The van der Waals surface area contributed by atoms with Gasteiger partial charge in [0.15, 0.2) is 11.0 Å². The van der Waals surface area contributed by atoms with Gasteiger partial charge in [0.1, 0.15) is 5.82 Å². The standard InChI is InChI=1S/C18H15FN4O2S/c19-16-7-2-1-6-15(16)17-20-21-18(22(17)13-8-9-13)26-11-12-4-3-5-14(10-12)23(24)25/h1-7,10,13H,8-9,11H2. The van der Waals surface area contributed by atoms with Gasteiger partial charge < -0.3 is 0 Å². The van der Waals surface area contributed by atoms with Crippen LogP contribution >= 0.6 is 11.8 Å². The smallest absolute Gasteiger partial charge is 0.269 e. The Bertz CT molecular complexity index is 971. The average molecular weight is 370 g/mol. The highest BCUT2D eigenvalue weighted by atomic mass is 32.2. The Labute approximate surface area is 153 Å². The number of aromatic nitrogens is 3. The van der Waals surface area contributed by atoms with E-state index in [0.717, 1.165) is 18.4 Å². The molecule has 2 aromatic carbocycles. The molecule has 1 aliphatic rings. The highest BCUT2D eigenvalue weighted by Gasteiger charge is 2.30. The second kappa shape index (κ2) is 6.87. The van der Waals surface area contributed by atoms with Gasteiger partial charge in [-0.3, -0.25) is 14.7 Å². The van der Waals surface area contributed by atoms with E-state index in [-0.39, 0.29) is 17.5 Å². The topological polar surface area (TPSA) is 73.8 Å². The van der Waals surface area contributed by atoms with Gasteiger partial charge in [0, 0.05) is 23.9 Å². The van der Waals surface area contributed by atoms with Crippen LogP contribution in [-0.2, 0) is 5.75 Å². The molecular weight excluding hydrogens is 355 g/mol. The molecule has 1 aliphatic carbocycles. The minimum absolute atomic E-state index is 0.0683. The highest BCUT2D eigenvalue weighted by molar-refractivity contribution is 7.98. The summed E-state index contributed by atoms with van der Waals surface area (Å²) in [4.78, 5) is 10.5. The largest absolute Gasteiger partial charge is 0.299 e. The van der Waals surface area contributed by atoms with Crippen molar-refractivity contribution in [2.45, 2.75) is 29.8 Å². The molecule has 1 aromatic heterocycles. The van der Waals surface area contributed by atoms with E-state index in [1.54, 1.807) is 30.3 Å². The quantitative estimate of drug-likeness (QED) is 0.360. The number of thioether (sulfide) groups is 1. The van der Waals surface area contributed by atoms with Crippen LogP contribution in [0.2, 0.25) is 0 Å². The Morgan fingerprint density at radius 2 is 2.00 bits per heavy atom. The summed E-state index contributed by atoms with van der Waals surface area (Å²) in [6, 6.07) is 13.4. The van der Waals surface area contributed by atoms with Crippen molar-refractivity contribution in [3.05, 3.63) is 70.0 Å². The summed E-state index contributed by atoms with van der Waals surface area (Å²) in [6.07, 6.45) is 2.04. The van der Waals surface area contributed by atoms with Crippen molar-refractivity contribution in [3.63, 3.8) is 0 Å². The van der Waals surface area contributed by atoms with Crippen LogP contribution in [-0.4, -0.2) is 19.7 Å². The Morgan fingerprint density at radius 1 is 1.19 bits per heavy atom. The molecule has 3 aromatic rings. The number of hydrogen-bond donors (Lipinski definition) is 0. The minimum Gasteiger partial charge on any atom is -0.299 e. The van der Waals surface area contributed by atoms with E-state index >= 15 is 0 Å². The summed E-state index contributed by atoms with van der Waals surface area (Å²) in [5, 5.41) is 20.1. The van der Waals surface area contributed by atoms with Gasteiger partial charge in [-0.25, -0.2) is 4.39 Å². The monoisotopic (exact) mass is 370 g/mol. The van der Waals surface area contributed by atoms with Gasteiger partial charge in [-0.05, 0) is 30.5 Å². The zero-order valence-corrected chi connectivity index (χ0v) is 14.5. The maximum absolute atomic E-state index is 14.2. The SMILES string of the molecule is O=[N+]([O-])c1cccc(CSc2nnc(-c3ccccc3F)n2C2CC2)c1. The van der Waals surface area contributed by atoms with Gasteiger partial charge in [-0.2, -0.15) is 0 Å². The van der Waals surface area contributed by atoms with Crippen molar-refractivity contribution in [2.75, 3.05) is 0 Å². The third kappa shape index (κ3) is 3.32. The number of nitrogens with zero attached hydrogens (tertiary/aromatic N) is 4. The van der Waals surface area contributed by atoms with Crippen LogP contribution in [0.15, 0.2) is 53.7 Å². The Morgan fingerprint density at radius 3 is 2.73 bits per heavy atom. The first-order valence-corrected chi connectivity index (χ1v) is 9.18. The van der Waals surface area contributed by atoms with Crippen LogP contribution < -0.4 is 0 Å². The normalized spacial score (nSPS) is 13.7. The van der Waals surface area contributed by atoms with E-state index in [0.29, 0.717) is 22.3 Å². The van der Waals surface area contributed by atoms with Crippen LogP contribution in [0, 0.1) is 15.9 Å². The molecule has 1 saturated carbocycles. The van der Waals surface area contributed by atoms with Crippen LogP contribution in [0.5, 0.6) is 0 Å². The van der Waals surface area contributed by atoms with Crippen molar-refractivity contribution in [1.82, 2.24) is 14.8 Å². The van der Waals surface area contributed by atoms with E-state index in [9.17, 15) is 14.5 Å². The number of rotatable bonds is 6. The van der Waals surface area contributed by atoms with E-state index in [4.69, 9.17) is 0 Å². The number of non-ortho nitro benzene ring substituents is 1. The third-order valence-electron chi connectivity index (χ3n) is 4.18. The summed E-state index contributed by atoms with van der Waals surface area (Å²) in [5.41, 5.74) is 1.34. The average Bonchev–Trinajstić information content (AvgIpc) is 3.40. The van der Waals surface area contributed by atoms with Gasteiger partial charge in [0.2, 0.25) is 0 Å². The molecule has 0 N–H and O–H groups in total. The molecule has 0 amide bonds.